The maximum atomic E-state index is 12.9. The molecule has 658 valence electrons. The number of carbonyl (C=O) groups is 5. The van der Waals surface area contributed by atoms with Crippen LogP contribution in [-0.4, -0.2) is 104 Å². The van der Waals surface area contributed by atoms with Gasteiger partial charge in [0.1, 0.15) is 23.3 Å². The van der Waals surface area contributed by atoms with Gasteiger partial charge in [-0.25, -0.2) is 19.9 Å². The summed E-state index contributed by atoms with van der Waals surface area (Å²) >= 11 is 0. The van der Waals surface area contributed by atoms with Crippen LogP contribution in [0.2, 0.25) is 0 Å². The summed E-state index contributed by atoms with van der Waals surface area (Å²) in [6, 6.07) is 28.2. The molecular weight excluding hydrogens is 1580 g/mol. The first kappa shape index (κ1) is 108. The molecule has 4 heterocycles. The molecule has 8 rings (SSSR count). The summed E-state index contributed by atoms with van der Waals surface area (Å²) in [4.78, 5) is 59.3. The highest BCUT2D eigenvalue weighted by atomic mass is 19.4. The van der Waals surface area contributed by atoms with Crippen LogP contribution in [0.25, 0.3) is 0 Å². The van der Waals surface area contributed by atoms with Gasteiger partial charge in [0.05, 0.1) is 22.3 Å². The summed E-state index contributed by atoms with van der Waals surface area (Å²) < 4.78 is 154. The zero-order valence-electron chi connectivity index (χ0n) is 69.6. The number of aromatic nitrogens is 4. The molecule has 0 saturated heterocycles. The largest absolute Gasteiger partial charge is 0.483 e. The Morgan fingerprint density at radius 1 is 0.286 bits per heavy atom. The molecule has 0 atom stereocenters. The zero-order chi connectivity index (χ0) is 90.8. The van der Waals surface area contributed by atoms with Gasteiger partial charge in [0.15, 0.2) is 0 Å². The van der Waals surface area contributed by atoms with Gasteiger partial charge in [-0.15, -0.1) is 0 Å². The lowest BCUT2D eigenvalue weighted by molar-refractivity contribution is -0.138. The summed E-state index contributed by atoms with van der Waals surface area (Å²) in [6.45, 7) is 39.3. The van der Waals surface area contributed by atoms with Crippen molar-refractivity contribution in [1.82, 2.24) is 41.2 Å². The minimum absolute atomic E-state index is 0.250. The predicted molar refractivity (Wildman–Crippen MR) is 442 cm³/mol. The number of nitrogens with zero attached hydrogens (tertiary/aromatic N) is 4. The Morgan fingerprint density at radius 3 is 0.580 bits per heavy atom. The topological polar surface area (TPSA) is 334 Å². The van der Waals surface area contributed by atoms with E-state index in [2.05, 4.69) is 173 Å². The number of hydrogen-bond acceptors (Lipinski definition) is 17. The van der Waals surface area contributed by atoms with E-state index < -0.39 is 47.0 Å². The van der Waals surface area contributed by atoms with Crippen molar-refractivity contribution in [1.29, 1.82) is 0 Å². The van der Waals surface area contributed by atoms with Gasteiger partial charge in [-0.3, -0.25) is 24.0 Å². The van der Waals surface area contributed by atoms with Crippen LogP contribution in [0.4, 0.5) is 98.7 Å². The van der Waals surface area contributed by atoms with Crippen molar-refractivity contribution in [2.45, 2.75) is 185 Å². The van der Waals surface area contributed by atoms with Gasteiger partial charge in [0.25, 0.3) is 32.4 Å². The summed E-state index contributed by atoms with van der Waals surface area (Å²) in [5.41, 5.74) is 7.70. The van der Waals surface area contributed by atoms with E-state index in [9.17, 15) is 52.7 Å². The van der Waals surface area contributed by atoms with Crippen LogP contribution in [0.3, 0.4) is 0 Å². The van der Waals surface area contributed by atoms with E-state index in [1.165, 1.54) is 24.3 Å². The minimum Gasteiger partial charge on any atom is -0.483 e. The predicted octanol–water partition coefficient (Wildman–Crippen LogP) is 21.4. The number of carboxylic acid groups (broad SMARTS) is 5. The van der Waals surface area contributed by atoms with E-state index >= 15 is 0 Å². The number of halogens is 12. The van der Waals surface area contributed by atoms with E-state index in [1.54, 1.807) is 49.1 Å². The Bertz CT molecular complexity index is 3690. The molecule has 34 heteroatoms. The minimum atomic E-state index is -4.36. The second-order valence-corrected chi connectivity index (χ2v) is 29.1. The van der Waals surface area contributed by atoms with Crippen molar-refractivity contribution < 1.29 is 102 Å². The maximum Gasteiger partial charge on any atom is 0.416 e. The monoisotopic (exact) mass is 1690 g/mol. The van der Waals surface area contributed by atoms with Crippen LogP contribution in [-0.2, 0) is 74.9 Å². The smallest absolute Gasteiger partial charge is 0.416 e. The highest BCUT2D eigenvalue weighted by Crippen LogP contribution is 2.37. The van der Waals surface area contributed by atoms with Crippen molar-refractivity contribution in [3.8, 4) is 0 Å². The molecular formula is C85H114F12N12O10. The van der Waals surface area contributed by atoms with Gasteiger partial charge in [-0.05, 0) is 215 Å². The van der Waals surface area contributed by atoms with Crippen LogP contribution in [0.1, 0.15) is 201 Å². The average Bonchev–Trinajstić information content (AvgIpc) is 0.837. The van der Waals surface area contributed by atoms with Crippen LogP contribution in [0.15, 0.2) is 146 Å². The first-order valence-electron chi connectivity index (χ1n) is 37.7. The number of anilines is 8. The molecule has 0 spiro atoms. The van der Waals surface area contributed by atoms with Gasteiger partial charge in [0, 0.05) is 73.7 Å². The third-order valence-corrected chi connectivity index (χ3v) is 15.9. The molecule has 8 aromatic rings. The fraction of sp³-hybridized carbons (Fsp3) is 0.424. The van der Waals surface area contributed by atoms with Crippen molar-refractivity contribution in [3.63, 3.8) is 0 Å². The van der Waals surface area contributed by atoms with Crippen LogP contribution in [0.5, 0.6) is 0 Å². The Hall–Kier alpha value is -11.0. The SMILES string of the molecule is CC(C)CNCc1cnc(Nc2cccc(C(F)(F)F)c2)cc1C(C)C.CC(C)CNCc1cnc(Nc2cccc(C(F)(F)F)c2)cc1C(C)C.CC(C)CNCc1cnc(Nc2cccc(C(F)(F)F)c2)cc1C(C)C.CC(C)CNCc1cnc(Nc2cccc(C(F)(F)F)c2)cc1C(C)C.O=CO.O=CO.O=CO.O=CO.O=CO. The lowest BCUT2D eigenvalue weighted by atomic mass is 9.98. The molecule has 0 radical (unpaired) electrons. The van der Waals surface area contributed by atoms with Gasteiger partial charge in [0.2, 0.25) is 0 Å². The van der Waals surface area contributed by atoms with Crippen molar-refractivity contribution in [3.05, 3.63) is 213 Å². The summed E-state index contributed by atoms with van der Waals surface area (Å²) in [6.07, 6.45) is -10.3. The molecule has 0 aliphatic rings. The maximum absolute atomic E-state index is 12.9. The Labute approximate surface area is 688 Å². The number of hydrogen-bond donors (Lipinski definition) is 13. The fourth-order valence-corrected chi connectivity index (χ4v) is 10.7. The van der Waals surface area contributed by atoms with Crippen LogP contribution in [0, 0.1) is 23.7 Å². The molecule has 22 nitrogen and oxygen atoms in total. The Balaban J connectivity index is 0.00000147. The third-order valence-electron chi connectivity index (χ3n) is 15.9. The van der Waals surface area contributed by atoms with Crippen molar-refractivity contribution in [2.24, 2.45) is 23.7 Å². The number of rotatable bonds is 28. The van der Waals surface area contributed by atoms with E-state index in [0.717, 1.165) is 145 Å². The highest BCUT2D eigenvalue weighted by molar-refractivity contribution is 5.62. The number of alkyl halides is 12. The second kappa shape index (κ2) is 56.4. The fourth-order valence-electron chi connectivity index (χ4n) is 10.7. The first-order valence-corrected chi connectivity index (χ1v) is 37.7. The molecule has 0 aliphatic heterocycles. The molecule has 0 unspecified atom stereocenters. The number of pyridine rings is 4. The average molecular weight is 1690 g/mol. The standard InChI is InChI=1S/4C20H26F3N3.5CH2O2/c4*1-13(2)10-24-11-15-12-25-19(9-18(15)14(3)4)26-17-7-5-6-16(8-17)20(21,22)23;5*2-1-3/h4*5-9,12-14,24H,10-11H2,1-4H3,(H,25,26);5*1H,(H,2,3). The van der Waals surface area contributed by atoms with E-state index in [1.807, 2.05) is 24.3 Å². The molecule has 0 saturated carbocycles. The highest BCUT2D eigenvalue weighted by Gasteiger charge is 2.33. The van der Waals surface area contributed by atoms with Crippen LogP contribution >= 0.6 is 0 Å². The third kappa shape index (κ3) is 45.5. The van der Waals surface area contributed by atoms with E-state index in [4.69, 9.17) is 49.5 Å². The molecule has 0 bridgehead atoms. The number of nitrogens with one attached hydrogen (secondary N) is 8. The normalized spacial score (nSPS) is 11.0. The van der Waals surface area contributed by atoms with E-state index in [-0.39, 0.29) is 56.0 Å². The molecule has 0 aliphatic carbocycles. The summed E-state index contributed by atoms with van der Waals surface area (Å²) in [7, 11) is 0. The molecule has 119 heavy (non-hydrogen) atoms. The zero-order valence-corrected chi connectivity index (χ0v) is 69.6. The molecule has 0 amide bonds. The molecule has 13 N–H and O–H groups in total. The van der Waals surface area contributed by atoms with E-state index in [0.29, 0.717) is 69.7 Å². The Morgan fingerprint density at radius 2 is 0.445 bits per heavy atom. The van der Waals surface area contributed by atoms with Gasteiger partial charge < -0.3 is 68.1 Å². The van der Waals surface area contributed by atoms with Crippen molar-refractivity contribution in [2.75, 3.05) is 47.4 Å². The number of benzene rings is 4. The quantitative estimate of drug-likeness (QED) is 0.0160. The lowest BCUT2D eigenvalue weighted by Gasteiger charge is -2.16. The van der Waals surface area contributed by atoms with Gasteiger partial charge >= 0.3 is 24.7 Å². The van der Waals surface area contributed by atoms with Gasteiger partial charge in [-0.2, -0.15) is 52.7 Å². The van der Waals surface area contributed by atoms with Gasteiger partial charge in [-0.1, -0.05) is 135 Å². The lowest BCUT2D eigenvalue weighted by Crippen LogP contribution is -2.20. The molecule has 0 fully saturated rings. The molecule has 4 aromatic carbocycles. The second-order valence-electron chi connectivity index (χ2n) is 29.1. The first-order chi connectivity index (χ1) is 55.7. The Kier molecular flexibility index (Phi) is 51.2. The summed E-state index contributed by atoms with van der Waals surface area (Å²) in [5, 5.41) is 60.0. The van der Waals surface area contributed by atoms with Crippen molar-refractivity contribution >= 4 is 78.4 Å². The van der Waals surface area contributed by atoms with Crippen LogP contribution < -0.4 is 42.5 Å². The summed E-state index contributed by atoms with van der Waals surface area (Å²) in [5.74, 6) is 5.57. The molecule has 4 aromatic heterocycles.